The summed E-state index contributed by atoms with van der Waals surface area (Å²) in [6.07, 6.45) is 7.81. The quantitative estimate of drug-likeness (QED) is 0.662. The molecule has 2 aliphatic rings. The van der Waals surface area contributed by atoms with Crippen LogP contribution in [0.15, 0.2) is 54.6 Å². The van der Waals surface area contributed by atoms with E-state index in [1.165, 1.54) is 36.9 Å². The van der Waals surface area contributed by atoms with Crippen LogP contribution in [0.5, 0.6) is 5.75 Å². The van der Waals surface area contributed by atoms with Crippen molar-refractivity contribution in [1.29, 1.82) is 0 Å². The lowest BCUT2D eigenvalue weighted by Gasteiger charge is -2.23. The average Bonchev–Trinajstić information content (AvgIpc) is 3.43. The van der Waals surface area contributed by atoms with Crippen LogP contribution in [0, 0.1) is 11.8 Å². The molecule has 2 nitrogen and oxygen atoms in total. The van der Waals surface area contributed by atoms with Gasteiger partial charge in [0.25, 0.3) is 0 Å². The van der Waals surface area contributed by atoms with E-state index < -0.39 is 0 Å². The number of hydrogen-bond acceptors (Lipinski definition) is 2. The van der Waals surface area contributed by atoms with Crippen LogP contribution in [0.4, 0.5) is 5.69 Å². The van der Waals surface area contributed by atoms with Gasteiger partial charge in [-0.15, -0.1) is 0 Å². The van der Waals surface area contributed by atoms with Crippen LogP contribution in [-0.2, 0) is 6.42 Å². The SMILES string of the molecule is CC1C[C@H]1CCc1ccc(N2CCCC(Oc3ccccc3)CC2)cc1. The molecule has 1 aliphatic carbocycles. The second kappa shape index (κ2) is 8.16. The summed E-state index contributed by atoms with van der Waals surface area (Å²) < 4.78 is 6.18. The monoisotopic (exact) mass is 349 g/mol. The van der Waals surface area contributed by atoms with Crippen LogP contribution in [0.25, 0.3) is 0 Å². The predicted molar refractivity (Wildman–Crippen MR) is 109 cm³/mol. The fourth-order valence-corrected chi connectivity index (χ4v) is 4.16. The largest absolute Gasteiger partial charge is 0.490 e. The van der Waals surface area contributed by atoms with Crippen LogP contribution in [0.3, 0.4) is 0 Å². The third-order valence-corrected chi connectivity index (χ3v) is 6.10. The third-order valence-electron chi connectivity index (χ3n) is 6.10. The Morgan fingerprint density at radius 3 is 2.46 bits per heavy atom. The van der Waals surface area contributed by atoms with Gasteiger partial charge < -0.3 is 9.64 Å². The molecule has 1 saturated carbocycles. The van der Waals surface area contributed by atoms with Crippen molar-refractivity contribution in [3.63, 3.8) is 0 Å². The Morgan fingerprint density at radius 1 is 0.962 bits per heavy atom. The fraction of sp³-hybridized carbons (Fsp3) is 0.500. The van der Waals surface area contributed by atoms with Crippen LogP contribution < -0.4 is 9.64 Å². The van der Waals surface area contributed by atoms with Gasteiger partial charge in [0.05, 0.1) is 0 Å². The Bertz CT molecular complexity index is 681. The molecule has 138 valence electrons. The molecule has 2 aromatic carbocycles. The van der Waals surface area contributed by atoms with Crippen molar-refractivity contribution in [3.05, 3.63) is 60.2 Å². The first-order chi connectivity index (χ1) is 12.8. The molecule has 0 N–H and O–H groups in total. The van der Waals surface area contributed by atoms with Gasteiger partial charge in [0, 0.05) is 25.2 Å². The molecule has 0 bridgehead atoms. The number of hydrogen-bond donors (Lipinski definition) is 0. The van der Waals surface area contributed by atoms with E-state index in [9.17, 15) is 0 Å². The summed E-state index contributed by atoms with van der Waals surface area (Å²) in [7, 11) is 0. The van der Waals surface area contributed by atoms with Crippen molar-refractivity contribution < 1.29 is 4.74 Å². The van der Waals surface area contributed by atoms with Crippen molar-refractivity contribution in [2.45, 2.75) is 51.6 Å². The lowest BCUT2D eigenvalue weighted by atomic mass is 10.1. The second-order valence-electron chi connectivity index (χ2n) is 8.15. The summed E-state index contributed by atoms with van der Waals surface area (Å²) >= 11 is 0. The van der Waals surface area contributed by atoms with Gasteiger partial charge >= 0.3 is 0 Å². The minimum atomic E-state index is 0.335. The summed E-state index contributed by atoms with van der Waals surface area (Å²) in [5, 5.41) is 0. The maximum absolute atomic E-state index is 6.18. The Kier molecular flexibility index (Phi) is 5.48. The number of rotatable bonds is 6. The van der Waals surface area contributed by atoms with Crippen molar-refractivity contribution in [1.82, 2.24) is 0 Å². The molecule has 2 aromatic rings. The standard InChI is InChI=1S/C24H31NO/c1-19-18-21(19)12-9-20-10-13-22(14-11-20)25-16-5-8-24(15-17-25)26-23-6-3-2-4-7-23/h2-4,6-7,10-11,13-14,19,21,24H,5,8-9,12,15-18H2,1H3/t19?,21-,24?/m1/s1. The smallest absolute Gasteiger partial charge is 0.119 e. The molecule has 1 aliphatic heterocycles. The molecule has 2 unspecified atom stereocenters. The summed E-state index contributed by atoms with van der Waals surface area (Å²) in [5.41, 5.74) is 2.86. The Hall–Kier alpha value is -1.96. The molecule has 1 heterocycles. The molecule has 2 fully saturated rings. The zero-order chi connectivity index (χ0) is 17.8. The highest BCUT2D eigenvalue weighted by Crippen LogP contribution is 2.41. The highest BCUT2D eigenvalue weighted by atomic mass is 16.5. The van der Waals surface area contributed by atoms with Gasteiger partial charge in [0.1, 0.15) is 11.9 Å². The van der Waals surface area contributed by atoms with E-state index in [4.69, 9.17) is 4.74 Å². The Labute approximate surface area is 158 Å². The zero-order valence-corrected chi connectivity index (χ0v) is 15.9. The molecular formula is C24H31NO. The van der Waals surface area contributed by atoms with Gasteiger partial charge in [-0.3, -0.25) is 0 Å². The Morgan fingerprint density at radius 2 is 1.73 bits per heavy atom. The number of ether oxygens (including phenoxy) is 1. The maximum atomic E-state index is 6.18. The van der Waals surface area contributed by atoms with E-state index in [2.05, 4.69) is 48.2 Å². The first-order valence-electron chi connectivity index (χ1n) is 10.3. The average molecular weight is 350 g/mol. The molecule has 0 spiro atoms. The summed E-state index contributed by atoms with van der Waals surface area (Å²) in [4.78, 5) is 2.53. The minimum Gasteiger partial charge on any atom is -0.490 e. The molecule has 2 heteroatoms. The summed E-state index contributed by atoms with van der Waals surface area (Å²) in [6, 6.07) is 19.6. The summed E-state index contributed by atoms with van der Waals surface area (Å²) in [5.74, 6) is 2.96. The molecule has 3 atom stereocenters. The third kappa shape index (κ3) is 4.60. The van der Waals surface area contributed by atoms with E-state index in [-0.39, 0.29) is 0 Å². The molecule has 0 amide bonds. The van der Waals surface area contributed by atoms with Gasteiger partial charge in [-0.05, 0) is 73.8 Å². The van der Waals surface area contributed by atoms with Crippen molar-refractivity contribution >= 4 is 5.69 Å². The molecular weight excluding hydrogens is 318 g/mol. The van der Waals surface area contributed by atoms with E-state index >= 15 is 0 Å². The van der Waals surface area contributed by atoms with Gasteiger partial charge in [-0.25, -0.2) is 0 Å². The molecule has 0 aromatic heterocycles. The van der Waals surface area contributed by atoms with Crippen LogP contribution in [-0.4, -0.2) is 19.2 Å². The van der Waals surface area contributed by atoms with E-state index in [1.807, 2.05) is 18.2 Å². The van der Waals surface area contributed by atoms with Crippen molar-refractivity contribution in [2.24, 2.45) is 11.8 Å². The van der Waals surface area contributed by atoms with Gasteiger partial charge in [-0.1, -0.05) is 37.3 Å². The first kappa shape index (κ1) is 17.5. The highest BCUT2D eigenvalue weighted by Gasteiger charge is 2.31. The number of anilines is 1. The Balaban J connectivity index is 1.29. The van der Waals surface area contributed by atoms with Crippen molar-refractivity contribution in [2.75, 3.05) is 18.0 Å². The minimum absolute atomic E-state index is 0.335. The number of aryl methyl sites for hydroxylation is 1. The predicted octanol–water partition coefficient (Wildman–Crippen LogP) is 5.71. The summed E-state index contributed by atoms with van der Waals surface area (Å²) in [6.45, 7) is 4.59. The van der Waals surface area contributed by atoms with E-state index in [0.29, 0.717) is 6.10 Å². The normalized spacial score (nSPS) is 25.6. The maximum Gasteiger partial charge on any atom is 0.119 e. The number of benzene rings is 2. The van der Waals surface area contributed by atoms with E-state index in [1.54, 1.807) is 0 Å². The number of nitrogens with zero attached hydrogens (tertiary/aromatic N) is 1. The molecule has 4 rings (SSSR count). The highest BCUT2D eigenvalue weighted by molar-refractivity contribution is 5.47. The van der Waals surface area contributed by atoms with Gasteiger partial charge in [0.2, 0.25) is 0 Å². The van der Waals surface area contributed by atoms with E-state index in [0.717, 1.165) is 43.5 Å². The van der Waals surface area contributed by atoms with Crippen LogP contribution in [0.1, 0.15) is 44.6 Å². The lowest BCUT2D eigenvalue weighted by Crippen LogP contribution is -2.25. The number of para-hydroxylation sites is 1. The lowest BCUT2D eigenvalue weighted by molar-refractivity contribution is 0.188. The second-order valence-corrected chi connectivity index (χ2v) is 8.15. The topological polar surface area (TPSA) is 12.5 Å². The van der Waals surface area contributed by atoms with Crippen LogP contribution >= 0.6 is 0 Å². The van der Waals surface area contributed by atoms with Crippen molar-refractivity contribution in [3.8, 4) is 5.75 Å². The molecule has 0 radical (unpaired) electrons. The van der Waals surface area contributed by atoms with Gasteiger partial charge in [-0.2, -0.15) is 0 Å². The van der Waals surface area contributed by atoms with Crippen LogP contribution in [0.2, 0.25) is 0 Å². The fourth-order valence-electron chi connectivity index (χ4n) is 4.16. The molecule has 1 saturated heterocycles. The first-order valence-corrected chi connectivity index (χ1v) is 10.3. The zero-order valence-electron chi connectivity index (χ0n) is 15.9. The molecule has 26 heavy (non-hydrogen) atoms. The van der Waals surface area contributed by atoms with Gasteiger partial charge in [0.15, 0.2) is 0 Å².